The number of pyridine rings is 1. The third-order valence-electron chi connectivity index (χ3n) is 2.99. The van der Waals surface area contributed by atoms with Crippen LogP contribution in [-0.4, -0.2) is 15.2 Å². The first-order valence-electron chi connectivity index (χ1n) is 6.43. The zero-order valence-corrected chi connectivity index (χ0v) is 12.2. The molecule has 22 heavy (non-hydrogen) atoms. The minimum atomic E-state index is -0.337. The number of anilines is 1. The lowest BCUT2D eigenvalue weighted by molar-refractivity contribution is -0.641. The molecule has 0 aliphatic carbocycles. The Balaban J connectivity index is 1.87. The standard InChI is InChI=1S/C15H11FN4OS/c16-10-4-6-11(7-5-10)20-14(17)12(9-19-20)15(21)22-13-3-1-2-8-18-13/h1-9H,(H2,17,19,21)/p+1. The van der Waals surface area contributed by atoms with Gasteiger partial charge in [-0.05, 0) is 48.2 Å². The number of hydrogen-bond donors (Lipinski definition) is 2. The molecule has 2 heterocycles. The second kappa shape index (κ2) is 5.98. The summed E-state index contributed by atoms with van der Waals surface area (Å²) in [4.78, 5) is 16.4. The van der Waals surface area contributed by atoms with Crippen molar-refractivity contribution in [2.75, 3.05) is 5.73 Å². The van der Waals surface area contributed by atoms with E-state index in [0.717, 1.165) is 11.8 Å². The van der Waals surface area contributed by atoms with E-state index >= 15 is 0 Å². The van der Waals surface area contributed by atoms with Gasteiger partial charge in [0.25, 0.3) is 0 Å². The summed E-state index contributed by atoms with van der Waals surface area (Å²) in [6.45, 7) is 0. The number of hydrogen-bond acceptors (Lipinski definition) is 4. The molecule has 0 bridgehead atoms. The number of nitrogens with two attached hydrogens (primary N) is 1. The Morgan fingerprint density at radius 1 is 1.23 bits per heavy atom. The third-order valence-corrected chi connectivity index (χ3v) is 3.85. The van der Waals surface area contributed by atoms with E-state index in [1.54, 1.807) is 30.5 Å². The van der Waals surface area contributed by atoms with Gasteiger partial charge in [-0.3, -0.25) is 10.5 Å². The molecule has 1 aromatic carbocycles. The molecule has 0 saturated heterocycles. The molecule has 7 heteroatoms. The summed E-state index contributed by atoms with van der Waals surface area (Å²) in [5, 5.41) is 3.28. The number of halogens is 1. The highest BCUT2D eigenvalue weighted by molar-refractivity contribution is 8.14. The number of nitrogen functional groups attached to an aromatic ring is 1. The lowest BCUT2D eigenvalue weighted by Crippen LogP contribution is -2.35. The zero-order valence-electron chi connectivity index (χ0n) is 11.4. The Bertz CT molecular complexity index is 802. The molecule has 0 atom stereocenters. The molecule has 0 unspecified atom stereocenters. The molecule has 5 nitrogen and oxygen atoms in total. The van der Waals surface area contributed by atoms with E-state index in [0.29, 0.717) is 16.3 Å². The van der Waals surface area contributed by atoms with Gasteiger partial charge in [0.15, 0.2) is 5.69 Å². The number of thioether (sulfide) groups is 1. The van der Waals surface area contributed by atoms with Crippen LogP contribution in [0.5, 0.6) is 0 Å². The van der Waals surface area contributed by atoms with E-state index < -0.39 is 0 Å². The van der Waals surface area contributed by atoms with Crippen molar-refractivity contribution in [2.24, 2.45) is 0 Å². The van der Waals surface area contributed by atoms with Gasteiger partial charge in [-0.15, -0.1) is 4.68 Å². The van der Waals surface area contributed by atoms with Crippen LogP contribution >= 0.6 is 11.8 Å². The molecular weight excluding hydrogens is 303 g/mol. The largest absolute Gasteiger partial charge is 0.310 e. The topological polar surface area (TPSA) is 75.7 Å². The van der Waals surface area contributed by atoms with Crippen molar-refractivity contribution in [2.45, 2.75) is 5.03 Å². The fourth-order valence-electron chi connectivity index (χ4n) is 1.92. The molecule has 0 saturated carbocycles. The van der Waals surface area contributed by atoms with Gasteiger partial charge < -0.3 is 0 Å². The summed E-state index contributed by atoms with van der Waals surface area (Å²) in [7, 11) is 0. The fourth-order valence-corrected chi connectivity index (χ4v) is 2.64. The van der Waals surface area contributed by atoms with Gasteiger partial charge in [0.05, 0.1) is 6.20 Å². The molecule has 0 aliphatic heterocycles. The summed E-state index contributed by atoms with van der Waals surface area (Å²) in [5.74, 6) is -0.0727. The maximum Gasteiger partial charge on any atom is 0.310 e. The molecule has 3 rings (SSSR count). The SMILES string of the molecule is Nc1c(C(=O)Sc2ccccn2)c[nH][n+]1-c1ccc(F)cc1. The maximum absolute atomic E-state index is 13.0. The van der Waals surface area contributed by atoms with E-state index in [1.165, 1.54) is 23.0 Å². The van der Waals surface area contributed by atoms with Gasteiger partial charge in [-0.2, -0.15) is 0 Å². The van der Waals surface area contributed by atoms with Gasteiger partial charge in [-0.25, -0.2) is 14.5 Å². The van der Waals surface area contributed by atoms with E-state index in [4.69, 9.17) is 5.73 Å². The van der Waals surface area contributed by atoms with Gasteiger partial charge in [-0.1, -0.05) is 6.07 Å². The Hall–Kier alpha value is -2.67. The first-order chi connectivity index (χ1) is 10.6. The van der Waals surface area contributed by atoms with E-state index in [1.807, 2.05) is 6.07 Å². The van der Waals surface area contributed by atoms with Crippen LogP contribution in [0.15, 0.2) is 59.9 Å². The number of nitrogens with one attached hydrogen (secondary N) is 1. The maximum atomic E-state index is 13.0. The normalized spacial score (nSPS) is 10.6. The number of carbonyl (C=O) groups excluding carboxylic acids is 1. The molecule has 110 valence electrons. The predicted octanol–water partition coefficient (Wildman–Crippen LogP) is 2.34. The van der Waals surface area contributed by atoms with Crippen LogP contribution in [0, 0.1) is 5.82 Å². The molecule has 3 aromatic rings. The number of rotatable bonds is 3. The molecule has 0 radical (unpaired) electrons. The van der Waals surface area contributed by atoms with Crippen LogP contribution in [0.1, 0.15) is 10.4 Å². The number of aromatic nitrogens is 3. The second-order valence-electron chi connectivity index (χ2n) is 4.44. The Labute approximate surface area is 130 Å². The molecule has 0 aliphatic rings. The molecule has 0 spiro atoms. The first kappa shape index (κ1) is 14.3. The quantitative estimate of drug-likeness (QED) is 0.574. The second-order valence-corrected chi connectivity index (χ2v) is 5.43. The summed E-state index contributed by atoms with van der Waals surface area (Å²) in [6, 6.07) is 11.1. The van der Waals surface area contributed by atoms with Crippen LogP contribution in [-0.2, 0) is 0 Å². The molecular formula is C15H12FN4OS+. The number of nitrogens with zero attached hydrogens (tertiary/aromatic N) is 2. The van der Waals surface area contributed by atoms with Crippen molar-refractivity contribution in [3.8, 4) is 5.69 Å². The molecule has 0 fully saturated rings. The van der Waals surface area contributed by atoms with E-state index in [9.17, 15) is 9.18 Å². The Morgan fingerprint density at radius 2 is 2.00 bits per heavy atom. The highest BCUT2D eigenvalue weighted by atomic mass is 32.2. The molecule has 3 N–H and O–H groups in total. The smallest absolute Gasteiger partial charge is 0.284 e. The lowest BCUT2D eigenvalue weighted by atomic mass is 10.3. The Morgan fingerprint density at radius 3 is 2.68 bits per heavy atom. The Kier molecular flexibility index (Phi) is 3.88. The van der Waals surface area contributed by atoms with Gasteiger partial charge in [0, 0.05) is 6.20 Å². The monoisotopic (exact) mass is 315 g/mol. The molecule has 2 aromatic heterocycles. The number of H-pyrrole nitrogens is 1. The van der Waals surface area contributed by atoms with Crippen LogP contribution < -0.4 is 10.4 Å². The van der Waals surface area contributed by atoms with Gasteiger partial charge >= 0.3 is 5.82 Å². The van der Waals surface area contributed by atoms with Crippen LogP contribution in [0.4, 0.5) is 10.2 Å². The van der Waals surface area contributed by atoms with Crippen molar-refractivity contribution in [1.82, 2.24) is 10.1 Å². The van der Waals surface area contributed by atoms with E-state index in [-0.39, 0.29) is 16.8 Å². The summed E-state index contributed by atoms with van der Waals surface area (Å²) < 4.78 is 14.5. The van der Waals surface area contributed by atoms with Crippen molar-refractivity contribution < 1.29 is 13.9 Å². The number of benzene rings is 1. The first-order valence-corrected chi connectivity index (χ1v) is 7.25. The van der Waals surface area contributed by atoms with Crippen molar-refractivity contribution >= 4 is 22.7 Å². The average Bonchev–Trinajstić information content (AvgIpc) is 2.91. The van der Waals surface area contributed by atoms with Gasteiger partial charge in [0.1, 0.15) is 16.4 Å². The minimum Gasteiger partial charge on any atom is -0.284 e. The predicted molar refractivity (Wildman–Crippen MR) is 81.1 cm³/mol. The highest BCUT2D eigenvalue weighted by Crippen LogP contribution is 2.22. The lowest BCUT2D eigenvalue weighted by Gasteiger charge is -1.98. The fraction of sp³-hybridized carbons (Fsp3) is 0. The zero-order chi connectivity index (χ0) is 15.5. The number of carbonyl (C=O) groups is 1. The van der Waals surface area contributed by atoms with Gasteiger partial charge in [0.2, 0.25) is 5.12 Å². The summed E-state index contributed by atoms with van der Waals surface area (Å²) >= 11 is 0.998. The van der Waals surface area contributed by atoms with Crippen molar-refractivity contribution in [3.05, 3.63) is 66.2 Å². The average molecular weight is 315 g/mol. The van der Waals surface area contributed by atoms with Crippen molar-refractivity contribution in [3.63, 3.8) is 0 Å². The summed E-state index contributed by atoms with van der Waals surface area (Å²) in [6.07, 6.45) is 3.14. The van der Waals surface area contributed by atoms with Crippen LogP contribution in [0.25, 0.3) is 5.69 Å². The molecule has 0 amide bonds. The third kappa shape index (κ3) is 2.84. The van der Waals surface area contributed by atoms with Crippen LogP contribution in [0.2, 0.25) is 0 Å². The van der Waals surface area contributed by atoms with E-state index in [2.05, 4.69) is 10.1 Å². The minimum absolute atomic E-state index is 0.215. The highest BCUT2D eigenvalue weighted by Gasteiger charge is 2.22. The van der Waals surface area contributed by atoms with Crippen molar-refractivity contribution in [1.29, 1.82) is 0 Å². The number of aromatic amines is 1. The van der Waals surface area contributed by atoms with Crippen LogP contribution in [0.3, 0.4) is 0 Å². The summed E-state index contributed by atoms with van der Waals surface area (Å²) in [5.41, 5.74) is 7.00.